The summed E-state index contributed by atoms with van der Waals surface area (Å²) in [5.74, 6) is 0.304. The minimum atomic E-state index is 0.0134. The third-order valence-corrected chi connectivity index (χ3v) is 3.85. The van der Waals surface area contributed by atoms with Crippen LogP contribution in [0.5, 0.6) is 0 Å². The maximum absolute atomic E-state index is 12.3. The third kappa shape index (κ3) is 3.19. The van der Waals surface area contributed by atoms with E-state index in [2.05, 4.69) is 11.8 Å². The lowest BCUT2D eigenvalue weighted by atomic mass is 10.1. The highest BCUT2D eigenvalue weighted by molar-refractivity contribution is 5.81. The van der Waals surface area contributed by atoms with Crippen LogP contribution in [0.3, 0.4) is 0 Å². The molecule has 2 rings (SSSR count). The molecule has 0 aromatic rings. The van der Waals surface area contributed by atoms with Crippen molar-refractivity contribution in [2.24, 2.45) is 0 Å². The molecule has 2 atom stereocenters. The number of likely N-dealkylation sites (tertiary alicyclic amines) is 1. The molecule has 2 aliphatic heterocycles. The van der Waals surface area contributed by atoms with Crippen LogP contribution in [0.2, 0.25) is 0 Å². The second-order valence-electron chi connectivity index (χ2n) is 5.24. The van der Waals surface area contributed by atoms with Crippen molar-refractivity contribution in [3.05, 3.63) is 0 Å². The Morgan fingerprint density at radius 1 is 1.24 bits per heavy atom. The van der Waals surface area contributed by atoms with Gasteiger partial charge in [0, 0.05) is 26.2 Å². The number of hydrogen-bond acceptors (Lipinski definition) is 3. The Morgan fingerprint density at radius 3 is 2.59 bits per heavy atom. The molecule has 98 valence electrons. The Labute approximate surface area is 104 Å². The number of piperidine rings is 1. The van der Waals surface area contributed by atoms with Gasteiger partial charge in [-0.05, 0) is 33.1 Å². The quantitative estimate of drug-likeness (QED) is 0.725. The van der Waals surface area contributed by atoms with Gasteiger partial charge in [0.1, 0.15) is 0 Å². The highest BCUT2D eigenvalue weighted by Crippen LogP contribution is 2.14. The van der Waals surface area contributed by atoms with Crippen LogP contribution in [-0.4, -0.2) is 60.6 Å². The van der Waals surface area contributed by atoms with Crippen LogP contribution < -0.4 is 0 Å². The number of morpholine rings is 1. The van der Waals surface area contributed by atoms with Crippen LogP contribution in [0, 0.1) is 0 Å². The molecule has 1 amide bonds. The molecule has 4 heteroatoms. The summed E-state index contributed by atoms with van der Waals surface area (Å²) in [7, 11) is 0. The highest BCUT2D eigenvalue weighted by Gasteiger charge is 2.29. The van der Waals surface area contributed by atoms with E-state index in [4.69, 9.17) is 4.74 Å². The molecule has 0 spiro atoms. The van der Waals surface area contributed by atoms with Gasteiger partial charge in [0.05, 0.1) is 18.8 Å². The first-order valence-corrected chi connectivity index (χ1v) is 6.83. The van der Waals surface area contributed by atoms with Crippen molar-refractivity contribution in [3.63, 3.8) is 0 Å². The van der Waals surface area contributed by atoms with E-state index in [0.29, 0.717) is 5.91 Å². The molecule has 0 aromatic carbocycles. The number of amides is 1. The largest absolute Gasteiger partial charge is 0.376 e. The average molecular weight is 240 g/mol. The second kappa shape index (κ2) is 5.83. The fraction of sp³-hybridized carbons (Fsp3) is 0.923. The maximum Gasteiger partial charge on any atom is 0.239 e. The molecule has 2 heterocycles. The van der Waals surface area contributed by atoms with Gasteiger partial charge in [-0.15, -0.1) is 0 Å². The Morgan fingerprint density at radius 2 is 1.94 bits per heavy atom. The highest BCUT2D eigenvalue weighted by atomic mass is 16.5. The normalized spacial score (nSPS) is 29.1. The molecule has 0 saturated carbocycles. The van der Waals surface area contributed by atoms with Crippen molar-refractivity contribution >= 4 is 5.91 Å². The summed E-state index contributed by atoms with van der Waals surface area (Å²) in [6.45, 7) is 8.51. The van der Waals surface area contributed by atoms with Crippen LogP contribution in [0.4, 0.5) is 0 Å². The van der Waals surface area contributed by atoms with E-state index in [1.165, 1.54) is 6.42 Å². The SMILES string of the molecule is CC1CN(C(C)C(=O)N2CCCCC2)CCO1. The zero-order valence-electron chi connectivity index (χ0n) is 11.0. The van der Waals surface area contributed by atoms with Crippen LogP contribution in [-0.2, 0) is 9.53 Å². The Hall–Kier alpha value is -0.610. The lowest BCUT2D eigenvalue weighted by molar-refractivity contribution is -0.140. The smallest absolute Gasteiger partial charge is 0.239 e. The molecule has 2 aliphatic rings. The standard InChI is InChI=1S/C13H24N2O2/c1-11-10-15(8-9-17-11)12(2)13(16)14-6-4-3-5-7-14/h11-12H,3-10H2,1-2H3. The van der Waals surface area contributed by atoms with Crippen molar-refractivity contribution in [2.75, 3.05) is 32.8 Å². The molecular weight excluding hydrogens is 216 g/mol. The predicted octanol–water partition coefficient (Wildman–Crippen LogP) is 1.11. The Bertz CT molecular complexity index is 264. The number of carbonyl (C=O) groups is 1. The molecule has 0 N–H and O–H groups in total. The molecular formula is C13H24N2O2. The minimum Gasteiger partial charge on any atom is -0.376 e. The fourth-order valence-corrected chi connectivity index (χ4v) is 2.73. The molecule has 2 fully saturated rings. The molecule has 0 aliphatic carbocycles. The van der Waals surface area contributed by atoms with Crippen LogP contribution in [0.25, 0.3) is 0 Å². The Kier molecular flexibility index (Phi) is 4.40. The maximum atomic E-state index is 12.3. The number of hydrogen-bond donors (Lipinski definition) is 0. The second-order valence-corrected chi connectivity index (χ2v) is 5.24. The molecule has 2 saturated heterocycles. The third-order valence-electron chi connectivity index (χ3n) is 3.85. The summed E-state index contributed by atoms with van der Waals surface area (Å²) in [5.41, 5.74) is 0. The number of carbonyl (C=O) groups excluding carboxylic acids is 1. The summed E-state index contributed by atoms with van der Waals surface area (Å²) >= 11 is 0. The monoisotopic (exact) mass is 240 g/mol. The van der Waals surface area contributed by atoms with E-state index >= 15 is 0 Å². The van der Waals surface area contributed by atoms with Crippen molar-refractivity contribution < 1.29 is 9.53 Å². The number of nitrogens with zero attached hydrogens (tertiary/aromatic N) is 2. The molecule has 0 radical (unpaired) electrons. The van der Waals surface area contributed by atoms with E-state index < -0.39 is 0 Å². The summed E-state index contributed by atoms with van der Waals surface area (Å²) in [5, 5.41) is 0. The van der Waals surface area contributed by atoms with Crippen molar-refractivity contribution in [3.8, 4) is 0 Å². The zero-order chi connectivity index (χ0) is 12.3. The van der Waals surface area contributed by atoms with Gasteiger partial charge < -0.3 is 9.64 Å². The van der Waals surface area contributed by atoms with Crippen LogP contribution in [0.1, 0.15) is 33.1 Å². The van der Waals surface area contributed by atoms with Crippen LogP contribution in [0.15, 0.2) is 0 Å². The lowest BCUT2D eigenvalue weighted by Gasteiger charge is -2.38. The minimum absolute atomic E-state index is 0.0134. The van der Waals surface area contributed by atoms with E-state index in [1.54, 1.807) is 0 Å². The first-order valence-electron chi connectivity index (χ1n) is 6.83. The van der Waals surface area contributed by atoms with E-state index in [-0.39, 0.29) is 12.1 Å². The van der Waals surface area contributed by atoms with Crippen molar-refractivity contribution in [1.82, 2.24) is 9.80 Å². The average Bonchev–Trinajstić information content (AvgIpc) is 2.38. The van der Waals surface area contributed by atoms with Gasteiger partial charge in [-0.2, -0.15) is 0 Å². The van der Waals surface area contributed by atoms with Crippen molar-refractivity contribution in [2.45, 2.75) is 45.3 Å². The zero-order valence-corrected chi connectivity index (χ0v) is 11.0. The van der Waals surface area contributed by atoms with Crippen LogP contribution >= 0.6 is 0 Å². The van der Waals surface area contributed by atoms with E-state index in [0.717, 1.165) is 45.6 Å². The fourth-order valence-electron chi connectivity index (χ4n) is 2.73. The molecule has 2 unspecified atom stereocenters. The first-order chi connectivity index (χ1) is 8.18. The molecule has 0 bridgehead atoms. The summed E-state index contributed by atoms with van der Waals surface area (Å²) < 4.78 is 5.52. The van der Waals surface area contributed by atoms with Gasteiger partial charge >= 0.3 is 0 Å². The van der Waals surface area contributed by atoms with Gasteiger partial charge in [0.25, 0.3) is 0 Å². The van der Waals surface area contributed by atoms with Gasteiger partial charge in [-0.3, -0.25) is 9.69 Å². The Balaban J connectivity index is 1.89. The summed E-state index contributed by atoms with van der Waals surface area (Å²) in [6.07, 6.45) is 3.85. The van der Waals surface area contributed by atoms with Gasteiger partial charge in [-0.1, -0.05) is 0 Å². The lowest BCUT2D eigenvalue weighted by Crippen LogP contribution is -2.53. The predicted molar refractivity (Wildman–Crippen MR) is 66.9 cm³/mol. The van der Waals surface area contributed by atoms with Gasteiger partial charge in [0.15, 0.2) is 0 Å². The first kappa shape index (κ1) is 12.8. The molecule has 4 nitrogen and oxygen atoms in total. The number of rotatable bonds is 2. The van der Waals surface area contributed by atoms with E-state index in [1.807, 2.05) is 11.8 Å². The summed E-state index contributed by atoms with van der Waals surface area (Å²) in [4.78, 5) is 16.6. The van der Waals surface area contributed by atoms with Crippen molar-refractivity contribution in [1.29, 1.82) is 0 Å². The van der Waals surface area contributed by atoms with E-state index in [9.17, 15) is 4.79 Å². The van der Waals surface area contributed by atoms with Gasteiger partial charge in [-0.25, -0.2) is 0 Å². The molecule has 17 heavy (non-hydrogen) atoms. The molecule has 0 aromatic heterocycles. The number of ether oxygens (including phenoxy) is 1. The topological polar surface area (TPSA) is 32.8 Å². The van der Waals surface area contributed by atoms with Gasteiger partial charge in [0.2, 0.25) is 5.91 Å². The summed E-state index contributed by atoms with van der Waals surface area (Å²) in [6, 6.07) is 0.0134.